The first-order valence-corrected chi connectivity index (χ1v) is 9.34. The summed E-state index contributed by atoms with van der Waals surface area (Å²) in [4.78, 5) is 10.6. The van der Waals surface area contributed by atoms with Crippen molar-refractivity contribution in [1.82, 2.24) is 10.6 Å². The first-order chi connectivity index (χ1) is 11.4. The fraction of sp³-hybridized carbons (Fsp3) is 0.500. The van der Waals surface area contributed by atoms with Gasteiger partial charge in [-0.2, -0.15) is 0 Å². The number of hydrogen-bond donors (Lipinski definition) is 3. The Kier molecular flexibility index (Phi) is 9.74. The van der Waals surface area contributed by atoms with Crippen molar-refractivity contribution in [2.24, 2.45) is 0 Å². The van der Waals surface area contributed by atoms with Gasteiger partial charge in [-0.05, 0) is 42.8 Å². The Hall–Kier alpha value is -0.750. The molecule has 8 heteroatoms. The maximum Gasteiger partial charge on any atom is 0.228 e. The largest absolute Gasteiger partial charge is 0.339 e. The van der Waals surface area contributed by atoms with Crippen LogP contribution in [0.2, 0.25) is 0 Å². The van der Waals surface area contributed by atoms with Crippen molar-refractivity contribution in [3.8, 4) is 0 Å². The second-order valence-corrected chi connectivity index (χ2v) is 8.14. The molecule has 0 saturated carbocycles. The quantitative estimate of drug-likeness (QED) is 0.184. The highest BCUT2D eigenvalue weighted by molar-refractivity contribution is 7.80. The van der Waals surface area contributed by atoms with Crippen LogP contribution in [0, 0.1) is 0 Å². The lowest BCUT2D eigenvalue weighted by Gasteiger charge is -2.26. The highest BCUT2D eigenvalue weighted by Gasteiger charge is 2.32. The van der Waals surface area contributed by atoms with Crippen molar-refractivity contribution in [2.45, 2.75) is 49.0 Å². The van der Waals surface area contributed by atoms with E-state index in [1.165, 1.54) is 31.2 Å². The van der Waals surface area contributed by atoms with E-state index in [1.807, 2.05) is 12.1 Å². The third-order valence-electron chi connectivity index (χ3n) is 3.37. The molecule has 0 fully saturated rings. The number of benzene rings is 1. The molecule has 0 saturated heterocycles. The van der Waals surface area contributed by atoms with E-state index in [-0.39, 0.29) is 5.11 Å². The molecule has 1 rings (SSSR count). The van der Waals surface area contributed by atoms with Gasteiger partial charge in [-0.1, -0.05) is 73.1 Å². The number of rotatable bonds is 9. The summed E-state index contributed by atoms with van der Waals surface area (Å²) in [7, 11) is 0. The number of nitrogens with one attached hydrogen (secondary N) is 3. The van der Waals surface area contributed by atoms with E-state index in [1.54, 1.807) is 0 Å². The molecule has 0 radical (unpaired) electrons. The first kappa shape index (κ1) is 21.3. The zero-order valence-electron chi connectivity index (χ0n) is 13.5. The van der Waals surface area contributed by atoms with E-state index >= 15 is 0 Å². The van der Waals surface area contributed by atoms with E-state index in [0.29, 0.717) is 6.41 Å². The van der Waals surface area contributed by atoms with Gasteiger partial charge in [0, 0.05) is 5.69 Å². The van der Waals surface area contributed by atoms with E-state index in [4.69, 9.17) is 47.0 Å². The predicted octanol–water partition coefficient (Wildman–Crippen LogP) is 4.54. The highest BCUT2D eigenvalue weighted by Crippen LogP contribution is 2.28. The molecule has 1 aromatic rings. The lowest BCUT2D eigenvalue weighted by atomic mass is 10.1. The van der Waals surface area contributed by atoms with Crippen LogP contribution in [0.25, 0.3) is 0 Å². The summed E-state index contributed by atoms with van der Waals surface area (Å²) in [5.74, 6) is 0. The van der Waals surface area contributed by atoms with Gasteiger partial charge in [-0.25, -0.2) is 0 Å². The fourth-order valence-electron chi connectivity index (χ4n) is 2.09. The van der Waals surface area contributed by atoms with E-state index < -0.39 is 9.96 Å². The third kappa shape index (κ3) is 8.38. The molecule has 3 N–H and O–H groups in total. The van der Waals surface area contributed by atoms with Crippen molar-refractivity contribution in [2.75, 3.05) is 5.32 Å². The lowest BCUT2D eigenvalue weighted by molar-refractivity contribution is -0.110. The summed E-state index contributed by atoms with van der Waals surface area (Å²) in [6, 6.07) is 8.02. The van der Waals surface area contributed by atoms with Gasteiger partial charge in [-0.3, -0.25) is 4.79 Å². The van der Waals surface area contributed by atoms with Gasteiger partial charge in [-0.15, -0.1) is 0 Å². The number of hydrogen-bond acceptors (Lipinski definition) is 2. The molecule has 0 bridgehead atoms. The van der Waals surface area contributed by atoms with Crippen molar-refractivity contribution in [3.63, 3.8) is 0 Å². The number of unbranched alkanes of at least 4 members (excludes halogenated alkanes) is 3. The molecule has 0 aliphatic rings. The summed E-state index contributed by atoms with van der Waals surface area (Å²) < 4.78 is -1.73. The molecule has 4 nitrogen and oxygen atoms in total. The van der Waals surface area contributed by atoms with Crippen LogP contribution in [0.15, 0.2) is 24.3 Å². The van der Waals surface area contributed by atoms with Crippen LogP contribution >= 0.6 is 47.0 Å². The van der Waals surface area contributed by atoms with Gasteiger partial charge >= 0.3 is 0 Å². The SMILES string of the molecule is CCCCCCc1ccc(NC(=S)N[C@H](NC=O)C(Cl)(Cl)Cl)cc1. The van der Waals surface area contributed by atoms with Gasteiger partial charge in [0.1, 0.15) is 6.17 Å². The number of carbonyl (C=O) groups is 1. The number of carbonyl (C=O) groups excluding carboxylic acids is 1. The van der Waals surface area contributed by atoms with Crippen LogP contribution in [0.5, 0.6) is 0 Å². The Bertz CT molecular complexity index is 520. The molecule has 0 aromatic heterocycles. The highest BCUT2D eigenvalue weighted by atomic mass is 35.6. The molecule has 0 unspecified atom stereocenters. The Labute approximate surface area is 163 Å². The van der Waals surface area contributed by atoms with Crippen LogP contribution < -0.4 is 16.0 Å². The van der Waals surface area contributed by atoms with E-state index in [9.17, 15) is 4.79 Å². The van der Waals surface area contributed by atoms with Gasteiger partial charge in [0.2, 0.25) is 10.2 Å². The van der Waals surface area contributed by atoms with Crippen LogP contribution in [0.3, 0.4) is 0 Å². The maximum absolute atomic E-state index is 10.6. The minimum Gasteiger partial charge on any atom is -0.339 e. The minimum atomic E-state index is -1.73. The topological polar surface area (TPSA) is 53.2 Å². The fourth-order valence-corrected chi connectivity index (χ4v) is 2.68. The van der Waals surface area contributed by atoms with Crippen molar-refractivity contribution in [3.05, 3.63) is 29.8 Å². The summed E-state index contributed by atoms with van der Waals surface area (Å²) in [6.45, 7) is 2.20. The summed E-state index contributed by atoms with van der Waals surface area (Å²) in [6.07, 6.45) is 5.55. The van der Waals surface area contributed by atoms with Gasteiger partial charge < -0.3 is 16.0 Å². The summed E-state index contributed by atoms with van der Waals surface area (Å²) in [5.41, 5.74) is 2.11. The molecule has 134 valence electrons. The minimum absolute atomic E-state index is 0.247. The third-order valence-corrected chi connectivity index (χ3v) is 4.24. The Morgan fingerprint density at radius 3 is 2.42 bits per heavy atom. The normalized spacial score (nSPS) is 12.3. The van der Waals surface area contributed by atoms with Crippen LogP contribution in [0.4, 0.5) is 5.69 Å². The Balaban J connectivity index is 2.50. The number of alkyl halides is 3. The zero-order chi connectivity index (χ0) is 18.0. The lowest BCUT2D eigenvalue weighted by Crippen LogP contribution is -2.53. The first-order valence-electron chi connectivity index (χ1n) is 7.79. The number of amides is 1. The number of anilines is 1. The van der Waals surface area contributed by atoms with Gasteiger partial charge in [0.25, 0.3) is 0 Å². The molecule has 0 heterocycles. The van der Waals surface area contributed by atoms with Crippen LogP contribution in [-0.4, -0.2) is 21.5 Å². The number of thiocarbonyl (C=S) groups is 1. The van der Waals surface area contributed by atoms with Crippen molar-refractivity contribution < 1.29 is 4.79 Å². The van der Waals surface area contributed by atoms with Gasteiger partial charge in [0.05, 0.1) is 0 Å². The molecule has 1 amide bonds. The molecule has 0 aliphatic carbocycles. The molecule has 0 aliphatic heterocycles. The standard InChI is InChI=1S/C16H22Cl3N3OS/c1-2-3-4-5-6-12-7-9-13(10-8-12)21-15(24)22-14(20-11-23)16(17,18)19/h7-11,14H,2-6H2,1H3,(H,20,23)(H2,21,22,24)/t14-/m0/s1. The monoisotopic (exact) mass is 409 g/mol. The Morgan fingerprint density at radius 1 is 1.21 bits per heavy atom. The summed E-state index contributed by atoms with van der Waals surface area (Å²) in [5, 5.41) is 8.36. The second-order valence-electron chi connectivity index (χ2n) is 5.37. The predicted molar refractivity (Wildman–Crippen MR) is 107 cm³/mol. The van der Waals surface area contributed by atoms with E-state index in [0.717, 1.165) is 12.1 Å². The molecular formula is C16H22Cl3N3OS. The second kappa shape index (κ2) is 11.0. The molecule has 24 heavy (non-hydrogen) atoms. The molecule has 0 spiro atoms. The average molecular weight is 411 g/mol. The van der Waals surface area contributed by atoms with Crippen molar-refractivity contribution in [1.29, 1.82) is 0 Å². The van der Waals surface area contributed by atoms with Crippen molar-refractivity contribution >= 4 is 64.2 Å². The van der Waals surface area contributed by atoms with Crippen LogP contribution in [0.1, 0.15) is 38.2 Å². The maximum atomic E-state index is 10.6. The molecular weight excluding hydrogens is 389 g/mol. The van der Waals surface area contributed by atoms with E-state index in [2.05, 4.69) is 35.0 Å². The summed E-state index contributed by atoms with van der Waals surface area (Å²) >= 11 is 22.5. The van der Waals surface area contributed by atoms with Gasteiger partial charge in [0.15, 0.2) is 5.11 Å². The Morgan fingerprint density at radius 2 is 1.88 bits per heavy atom. The average Bonchev–Trinajstić information content (AvgIpc) is 2.52. The smallest absolute Gasteiger partial charge is 0.228 e. The number of halogens is 3. The zero-order valence-corrected chi connectivity index (χ0v) is 16.5. The number of aryl methyl sites for hydroxylation is 1. The molecule has 1 aromatic carbocycles. The molecule has 1 atom stereocenters. The van der Waals surface area contributed by atoms with Crippen LogP contribution in [-0.2, 0) is 11.2 Å².